The maximum atomic E-state index is 13.7. The molecule has 1 aromatic rings. The van der Waals surface area contributed by atoms with Crippen molar-refractivity contribution >= 4 is 5.91 Å². The third-order valence-electron chi connectivity index (χ3n) is 4.49. The molecule has 1 amide bonds. The van der Waals surface area contributed by atoms with E-state index in [1.54, 1.807) is 18.2 Å². The summed E-state index contributed by atoms with van der Waals surface area (Å²) >= 11 is 0. The molecule has 3 atom stereocenters. The molecule has 1 aliphatic rings. The molecular weight excluding hydrogens is 267 g/mol. The first-order chi connectivity index (χ1) is 10.1. The van der Waals surface area contributed by atoms with Crippen LogP contribution in [-0.2, 0) is 4.79 Å². The first-order valence-corrected chi connectivity index (χ1v) is 7.85. The Balaban J connectivity index is 1.90. The van der Waals surface area contributed by atoms with E-state index in [0.29, 0.717) is 24.4 Å². The molecule has 0 aliphatic heterocycles. The van der Waals surface area contributed by atoms with Gasteiger partial charge in [0.1, 0.15) is 5.82 Å². The Morgan fingerprint density at radius 2 is 2.10 bits per heavy atom. The van der Waals surface area contributed by atoms with Crippen molar-refractivity contribution in [3.63, 3.8) is 0 Å². The molecule has 3 N–H and O–H groups in total. The highest BCUT2D eigenvalue weighted by Crippen LogP contribution is 2.25. The fraction of sp³-hybridized carbons (Fsp3) is 0.588. The molecule has 1 aromatic carbocycles. The van der Waals surface area contributed by atoms with Crippen molar-refractivity contribution in [1.82, 2.24) is 5.32 Å². The third-order valence-corrected chi connectivity index (χ3v) is 4.49. The fourth-order valence-corrected chi connectivity index (χ4v) is 3.21. The zero-order chi connectivity index (χ0) is 15.2. The monoisotopic (exact) mass is 292 g/mol. The summed E-state index contributed by atoms with van der Waals surface area (Å²) in [6, 6.07) is 6.84. The Hall–Kier alpha value is -1.42. The number of halogens is 1. The number of carbonyl (C=O) groups excluding carboxylic acids is 1. The van der Waals surface area contributed by atoms with Gasteiger partial charge >= 0.3 is 0 Å². The van der Waals surface area contributed by atoms with Crippen molar-refractivity contribution in [1.29, 1.82) is 0 Å². The van der Waals surface area contributed by atoms with Crippen LogP contribution in [0.2, 0.25) is 0 Å². The van der Waals surface area contributed by atoms with E-state index < -0.39 is 0 Å². The number of benzene rings is 1. The second-order valence-corrected chi connectivity index (χ2v) is 6.08. The molecule has 3 unspecified atom stereocenters. The Morgan fingerprint density at radius 1 is 1.38 bits per heavy atom. The number of nitrogens with two attached hydrogens (primary N) is 1. The lowest BCUT2D eigenvalue weighted by atomic mass is 9.84. The van der Waals surface area contributed by atoms with Gasteiger partial charge in [0.15, 0.2) is 0 Å². The molecule has 0 radical (unpaired) electrons. The van der Waals surface area contributed by atoms with E-state index in [4.69, 9.17) is 5.73 Å². The van der Waals surface area contributed by atoms with Crippen LogP contribution < -0.4 is 11.1 Å². The second kappa shape index (κ2) is 7.55. The molecule has 4 heteroatoms. The number of carbonyl (C=O) groups is 1. The smallest absolute Gasteiger partial charge is 0.220 e. The van der Waals surface area contributed by atoms with E-state index in [0.717, 1.165) is 19.3 Å². The quantitative estimate of drug-likeness (QED) is 0.876. The maximum absolute atomic E-state index is 13.7. The van der Waals surface area contributed by atoms with E-state index in [2.05, 4.69) is 5.32 Å². The number of nitrogens with one attached hydrogen (secondary N) is 1. The van der Waals surface area contributed by atoms with Gasteiger partial charge in [-0.1, -0.05) is 38.0 Å². The number of amides is 1. The highest BCUT2D eigenvalue weighted by Gasteiger charge is 2.26. The Bertz CT molecular complexity index is 478. The third kappa shape index (κ3) is 4.27. The van der Waals surface area contributed by atoms with Crippen LogP contribution in [0.4, 0.5) is 4.39 Å². The highest BCUT2D eigenvalue weighted by atomic mass is 19.1. The van der Waals surface area contributed by atoms with Gasteiger partial charge in [0.2, 0.25) is 5.91 Å². The van der Waals surface area contributed by atoms with Crippen LogP contribution >= 0.6 is 0 Å². The van der Waals surface area contributed by atoms with Crippen LogP contribution in [0.15, 0.2) is 24.3 Å². The molecule has 3 nitrogen and oxygen atoms in total. The second-order valence-electron chi connectivity index (χ2n) is 6.08. The molecule has 1 aliphatic carbocycles. The summed E-state index contributed by atoms with van der Waals surface area (Å²) in [6.07, 6.45) is 4.74. The van der Waals surface area contributed by atoms with Crippen molar-refractivity contribution in [2.75, 3.05) is 6.54 Å². The van der Waals surface area contributed by atoms with Crippen LogP contribution in [-0.4, -0.2) is 18.5 Å². The fourth-order valence-electron chi connectivity index (χ4n) is 3.21. The first kappa shape index (κ1) is 16.0. The molecule has 1 fully saturated rings. The summed E-state index contributed by atoms with van der Waals surface area (Å²) in [6.45, 7) is 2.51. The summed E-state index contributed by atoms with van der Waals surface area (Å²) < 4.78 is 13.7. The average Bonchev–Trinajstić information content (AvgIpc) is 2.48. The summed E-state index contributed by atoms with van der Waals surface area (Å²) in [7, 11) is 0. The zero-order valence-corrected chi connectivity index (χ0v) is 12.6. The Morgan fingerprint density at radius 3 is 2.81 bits per heavy atom. The predicted molar refractivity (Wildman–Crippen MR) is 82.4 cm³/mol. The van der Waals surface area contributed by atoms with Crippen molar-refractivity contribution in [3.8, 4) is 0 Å². The Labute approximate surface area is 126 Å². The zero-order valence-electron chi connectivity index (χ0n) is 12.6. The van der Waals surface area contributed by atoms with E-state index in [1.165, 1.54) is 12.5 Å². The minimum atomic E-state index is -0.240. The van der Waals surface area contributed by atoms with Gasteiger partial charge in [-0.15, -0.1) is 0 Å². The van der Waals surface area contributed by atoms with Crippen LogP contribution in [0.1, 0.15) is 50.5 Å². The molecule has 2 rings (SSSR count). The summed E-state index contributed by atoms with van der Waals surface area (Å²) in [5.41, 5.74) is 6.38. The van der Waals surface area contributed by atoms with Gasteiger partial charge < -0.3 is 11.1 Å². The van der Waals surface area contributed by atoms with Gasteiger partial charge in [-0.25, -0.2) is 4.39 Å². The standard InChI is InChI=1S/C17H25FN2O/c1-12(14-7-3-4-8-15(14)18)10-17(21)20-16-9-5-2-6-13(16)11-19/h3-4,7-8,12-13,16H,2,5-6,9-11,19H2,1H3,(H,20,21). The minimum Gasteiger partial charge on any atom is -0.353 e. The van der Waals surface area contributed by atoms with Crippen LogP contribution in [0.5, 0.6) is 0 Å². The molecule has 0 saturated heterocycles. The summed E-state index contributed by atoms with van der Waals surface area (Å²) in [5.74, 6) is 0.0176. The van der Waals surface area contributed by atoms with Gasteiger partial charge in [0.05, 0.1) is 0 Å². The lowest BCUT2D eigenvalue weighted by molar-refractivity contribution is -0.122. The molecule has 0 bridgehead atoms. The predicted octanol–water partition coefficient (Wildman–Crippen LogP) is 2.95. The van der Waals surface area contributed by atoms with Crippen LogP contribution in [0.25, 0.3) is 0 Å². The molecule has 0 heterocycles. The van der Waals surface area contributed by atoms with Gasteiger partial charge in [0.25, 0.3) is 0 Å². The summed E-state index contributed by atoms with van der Waals surface area (Å²) in [4.78, 5) is 12.2. The Kier molecular flexibility index (Phi) is 5.74. The van der Waals surface area contributed by atoms with Gasteiger partial charge in [0, 0.05) is 12.5 Å². The molecule has 116 valence electrons. The van der Waals surface area contributed by atoms with Crippen molar-refractivity contribution in [3.05, 3.63) is 35.6 Å². The SMILES string of the molecule is CC(CC(=O)NC1CCCCC1CN)c1ccccc1F. The topological polar surface area (TPSA) is 55.1 Å². The normalized spacial score (nSPS) is 23.6. The molecular formula is C17H25FN2O. The molecule has 0 aromatic heterocycles. The largest absolute Gasteiger partial charge is 0.353 e. The molecule has 0 spiro atoms. The number of rotatable bonds is 5. The van der Waals surface area contributed by atoms with Crippen molar-refractivity contribution < 1.29 is 9.18 Å². The molecule has 21 heavy (non-hydrogen) atoms. The van der Waals surface area contributed by atoms with Gasteiger partial charge in [-0.3, -0.25) is 4.79 Å². The van der Waals surface area contributed by atoms with Crippen LogP contribution in [0, 0.1) is 11.7 Å². The first-order valence-electron chi connectivity index (χ1n) is 7.85. The highest BCUT2D eigenvalue weighted by molar-refractivity contribution is 5.77. The van der Waals surface area contributed by atoms with E-state index in [1.807, 2.05) is 6.92 Å². The van der Waals surface area contributed by atoms with Gasteiger partial charge in [-0.2, -0.15) is 0 Å². The van der Waals surface area contributed by atoms with Crippen molar-refractivity contribution in [2.45, 2.75) is 51.0 Å². The lowest BCUT2D eigenvalue weighted by Crippen LogP contribution is -2.44. The van der Waals surface area contributed by atoms with E-state index in [-0.39, 0.29) is 23.7 Å². The molecule has 1 saturated carbocycles. The maximum Gasteiger partial charge on any atom is 0.220 e. The average molecular weight is 292 g/mol. The van der Waals surface area contributed by atoms with Crippen molar-refractivity contribution in [2.24, 2.45) is 11.7 Å². The number of hydrogen-bond acceptors (Lipinski definition) is 2. The van der Waals surface area contributed by atoms with E-state index in [9.17, 15) is 9.18 Å². The summed E-state index contributed by atoms with van der Waals surface area (Å²) in [5, 5.41) is 3.10. The lowest BCUT2D eigenvalue weighted by Gasteiger charge is -2.31. The van der Waals surface area contributed by atoms with Crippen LogP contribution in [0.3, 0.4) is 0 Å². The minimum absolute atomic E-state index is 0.00361. The number of hydrogen-bond donors (Lipinski definition) is 2. The van der Waals surface area contributed by atoms with E-state index >= 15 is 0 Å². The van der Waals surface area contributed by atoms with Gasteiger partial charge in [-0.05, 0) is 42.9 Å².